The topological polar surface area (TPSA) is 569 Å². The van der Waals surface area contributed by atoms with E-state index >= 15 is 19.2 Å². The van der Waals surface area contributed by atoms with Crippen LogP contribution in [0.3, 0.4) is 0 Å². The maximum atomic E-state index is 16.3. The fraction of sp³-hybridized carbons (Fsp3) is 0.479. The largest absolute Gasteiger partial charge is 0.508 e. The number of phenols is 3. The van der Waals surface area contributed by atoms with Crippen LogP contribution in [0, 0.1) is 5.92 Å². The van der Waals surface area contributed by atoms with Crippen molar-refractivity contribution in [1.82, 2.24) is 37.2 Å². The first-order chi connectivity index (χ1) is 51.8. The number of nitrogens with two attached hydrogens (primary N) is 2. The summed E-state index contributed by atoms with van der Waals surface area (Å²) in [5, 5.41) is 142. The fourth-order valence-electron chi connectivity index (χ4n) is 14.2. The molecule has 8 aliphatic rings. The maximum Gasteiger partial charge on any atom is 0.330 e. The van der Waals surface area contributed by atoms with E-state index in [4.69, 9.17) is 61.0 Å². The number of hydrogen-bond acceptors (Lipinski definition) is 28. The first-order valence-corrected chi connectivity index (χ1v) is 35.5. The van der Waals surface area contributed by atoms with Gasteiger partial charge in [-0.2, -0.15) is 0 Å². The number of amides is 6. The first kappa shape index (κ1) is 81.4. The lowest BCUT2D eigenvalue weighted by Crippen LogP contribution is -2.64. The van der Waals surface area contributed by atoms with Gasteiger partial charge in [-0.15, -0.1) is 0 Å². The number of rotatable bonds is 15. The molecule has 37 heteroatoms. The molecular weight excluding hydrogens is 1470 g/mol. The van der Waals surface area contributed by atoms with Crippen molar-refractivity contribution in [3.05, 3.63) is 118 Å². The Kier molecular flexibility index (Phi) is 24.2. The molecule has 22 N–H and O–H groups in total. The number of aromatic hydroxyl groups is 3. The van der Waals surface area contributed by atoms with Gasteiger partial charge in [0.1, 0.15) is 89.5 Å². The molecule has 36 nitrogen and oxygen atoms in total. The second-order valence-electron chi connectivity index (χ2n) is 29.1. The first-order valence-electron chi connectivity index (χ1n) is 35.1. The molecule has 6 amide bonds. The zero-order valence-corrected chi connectivity index (χ0v) is 61.0. The van der Waals surface area contributed by atoms with Crippen molar-refractivity contribution in [1.29, 1.82) is 0 Å². The molecule has 8 aliphatic heterocycles. The number of benzene rings is 5. The molecule has 13 rings (SSSR count). The molecule has 9 unspecified atom stereocenters. The zero-order chi connectivity index (χ0) is 80.0. The van der Waals surface area contributed by atoms with Gasteiger partial charge in [0.2, 0.25) is 47.5 Å². The van der Waals surface area contributed by atoms with Gasteiger partial charge in [0.15, 0.2) is 36.2 Å². The number of fused-ring (bicyclic) bond motifs is 15. The molecule has 0 aromatic heterocycles. The number of phenolic OH excluding ortho intramolecular Hbond substituents is 3. The predicted molar refractivity (Wildman–Crippen MR) is 379 cm³/mol. The van der Waals surface area contributed by atoms with Gasteiger partial charge in [0.25, 0.3) is 0 Å². The number of aliphatic hydroxyl groups is 6. The van der Waals surface area contributed by atoms with Crippen molar-refractivity contribution in [3.8, 4) is 57.1 Å². The third kappa shape index (κ3) is 17.3. The number of aliphatic carboxylic acids is 2. The van der Waals surface area contributed by atoms with Crippen LogP contribution in [-0.4, -0.2) is 220 Å². The Bertz CT molecular complexity index is 4340. The fourth-order valence-corrected chi connectivity index (χ4v) is 14.4. The van der Waals surface area contributed by atoms with E-state index in [1.165, 1.54) is 71.1 Å². The molecule has 110 heavy (non-hydrogen) atoms. The summed E-state index contributed by atoms with van der Waals surface area (Å²) in [6.07, 6.45) is -22.7. The third-order valence-electron chi connectivity index (χ3n) is 20.0. The Hall–Kier alpha value is -9.61. The van der Waals surface area contributed by atoms with Gasteiger partial charge < -0.3 is 143 Å². The van der Waals surface area contributed by atoms with Crippen molar-refractivity contribution in [3.63, 3.8) is 0 Å². The van der Waals surface area contributed by atoms with Crippen LogP contribution < -0.4 is 62.9 Å². The Morgan fingerprint density at radius 1 is 0.664 bits per heavy atom. The number of aliphatic hydroxyl groups excluding tert-OH is 6. The van der Waals surface area contributed by atoms with Crippen LogP contribution in [-0.2, 0) is 62.0 Å². The van der Waals surface area contributed by atoms with Crippen LogP contribution in [0.1, 0.15) is 125 Å². The molecule has 3 saturated heterocycles. The summed E-state index contributed by atoms with van der Waals surface area (Å²) in [6, 6.07) is 1.04. The van der Waals surface area contributed by atoms with E-state index in [0.717, 1.165) is 48.5 Å². The van der Waals surface area contributed by atoms with E-state index in [1.54, 1.807) is 0 Å². The Morgan fingerprint density at radius 2 is 1.26 bits per heavy atom. The number of halogens is 1. The van der Waals surface area contributed by atoms with Gasteiger partial charge in [-0.05, 0) is 124 Å². The van der Waals surface area contributed by atoms with Crippen LogP contribution in [0.2, 0.25) is 5.02 Å². The molecule has 11 bridgehead atoms. The van der Waals surface area contributed by atoms with Crippen molar-refractivity contribution >= 4 is 59.0 Å². The standard InChI is InChI=1S/C73H88ClN9O27/c1-27(2)16-39(77-7)64(95)82-54-56(90)32-11-15-43(38(74)18-32)106-45-20-33-19-44(60(45)110-71-61(58(92)57(91)46(26-84)107-71)109-49-25-73(6,76)63(94)29(4)104-49)105-35-12-8-30(9-13-35)59(108-48-24-72(5,75)62(93)28(3)103-48)55-69(100)81-53(70(101)102)37-21-34(85)22-42(87)50(37)36-17-31(10-14-41(36)86)51(66(97)83-55)80-67(98)52(33)79-65(96)40(23-47(88)89)78-68(54)99/h8-15,17-22,27-29,39-40,46,48-49,51-59,61-63,71,77,84-87,90-94H,16,23-26,75-76H2,1-7H3,(H,78,99)(H,79,96)(H,80,98)(H,81,100)(H,82,95)(H,83,97)(H,88,89)(H,101,102)/t28-,29-,39?,40?,46+,48-,49-,51?,52?,53?,54?,55?,56?,57+,58-,59?,61+,62-,63-,71-,72-,73-/m0/s1. The number of carboxylic acid groups (broad SMARTS) is 2. The number of ether oxygens (including phenoxy) is 8. The summed E-state index contributed by atoms with van der Waals surface area (Å²) in [5.41, 5.74) is 7.66. The predicted octanol–water partition coefficient (Wildman–Crippen LogP) is 0.290. The average molecular weight is 1560 g/mol. The Labute approximate surface area is 632 Å². The second-order valence-corrected chi connectivity index (χ2v) is 29.5. The number of carbonyl (C=O) groups excluding carboxylic acids is 6. The smallest absolute Gasteiger partial charge is 0.330 e. The quantitative estimate of drug-likeness (QED) is 0.0670. The van der Waals surface area contributed by atoms with Crippen molar-refractivity contribution in [2.45, 2.75) is 201 Å². The molecule has 0 spiro atoms. The summed E-state index contributed by atoms with van der Waals surface area (Å²) in [5.74, 6) is -16.3. The molecule has 5 aromatic rings. The number of hydrogen-bond donors (Lipinski definition) is 20. The summed E-state index contributed by atoms with van der Waals surface area (Å²) < 4.78 is 51.6. The Balaban J connectivity index is 1.18. The number of carbonyl (C=O) groups is 8. The van der Waals surface area contributed by atoms with Gasteiger partial charge >= 0.3 is 11.9 Å². The van der Waals surface area contributed by atoms with Crippen LogP contribution in [0.4, 0.5) is 0 Å². The highest BCUT2D eigenvalue weighted by Crippen LogP contribution is 2.50. The van der Waals surface area contributed by atoms with Crippen molar-refractivity contribution in [2.75, 3.05) is 13.7 Å². The summed E-state index contributed by atoms with van der Waals surface area (Å²) in [4.78, 5) is 119. The zero-order valence-electron chi connectivity index (χ0n) is 60.2. The van der Waals surface area contributed by atoms with E-state index in [-0.39, 0.29) is 58.4 Å². The van der Waals surface area contributed by atoms with Gasteiger partial charge in [0.05, 0.1) is 48.5 Å². The monoisotopic (exact) mass is 1560 g/mol. The molecule has 0 saturated carbocycles. The highest BCUT2D eigenvalue weighted by molar-refractivity contribution is 6.32. The molecule has 3 fully saturated rings. The van der Waals surface area contributed by atoms with E-state index in [2.05, 4.69) is 37.2 Å². The van der Waals surface area contributed by atoms with E-state index in [9.17, 15) is 75.3 Å². The minimum Gasteiger partial charge on any atom is -0.508 e. The van der Waals surface area contributed by atoms with Gasteiger partial charge in [-0.25, -0.2) is 4.79 Å². The van der Waals surface area contributed by atoms with Gasteiger partial charge in [-0.1, -0.05) is 49.7 Å². The minimum atomic E-state index is -2.38. The van der Waals surface area contributed by atoms with Crippen LogP contribution in [0.15, 0.2) is 84.9 Å². The molecule has 5 aromatic carbocycles. The molecular formula is C73H88ClN9O27. The van der Waals surface area contributed by atoms with Crippen LogP contribution in [0.5, 0.6) is 46.0 Å². The third-order valence-corrected chi connectivity index (χ3v) is 20.3. The SMILES string of the molecule is CNC(CC(C)C)C(=O)NC1C(=O)NC(CC(=O)O)C(=O)NC2C(=O)NC3C(=O)NC(C(=O)NC(C(=O)O)c4cc(O)cc(O)c4-c4cc3ccc4O)C(O[C@H]3C[C@](C)(N)[C@@H](O)[C@H](C)O3)c3ccc(cc3)Oc3cc2cc(c3O[C@@H]2O[C@H](CO)[C@@H](O)[C@H](O)[C@H]2O[C@H]2C[C@](C)(N)[C@@H](O)[C@H](C)O2)Oc2ccc(cc2Cl)C1O. The lowest BCUT2D eigenvalue weighted by Gasteiger charge is -2.47. The van der Waals surface area contributed by atoms with Crippen molar-refractivity contribution < 1.29 is 132 Å². The second kappa shape index (κ2) is 32.8. The van der Waals surface area contributed by atoms with Gasteiger partial charge in [0, 0.05) is 46.7 Å². The molecule has 0 aliphatic carbocycles. The highest BCUT2D eigenvalue weighted by atomic mass is 35.5. The highest BCUT2D eigenvalue weighted by Gasteiger charge is 2.52. The molecule has 22 atom stereocenters. The summed E-state index contributed by atoms with van der Waals surface area (Å²) in [6.45, 7) is 8.60. The van der Waals surface area contributed by atoms with E-state index in [1.807, 2.05) is 13.8 Å². The van der Waals surface area contributed by atoms with Crippen LogP contribution >= 0.6 is 11.6 Å². The summed E-state index contributed by atoms with van der Waals surface area (Å²) >= 11 is 7.12. The number of carboxylic acids is 2. The Morgan fingerprint density at radius 3 is 1.86 bits per heavy atom. The van der Waals surface area contributed by atoms with Crippen LogP contribution in [0.25, 0.3) is 11.1 Å². The van der Waals surface area contributed by atoms with Gasteiger partial charge in [-0.3, -0.25) is 33.6 Å². The lowest BCUT2D eigenvalue weighted by molar-refractivity contribution is -0.333. The molecule has 594 valence electrons. The molecule has 0 radical (unpaired) electrons. The minimum absolute atomic E-state index is 0.0509. The maximum absolute atomic E-state index is 16.3. The van der Waals surface area contributed by atoms with E-state index < -0.39 is 250 Å². The number of likely N-dealkylation sites (N-methyl/N-ethyl adjacent to an activating group) is 1. The summed E-state index contributed by atoms with van der Waals surface area (Å²) in [7, 11) is 1.46. The lowest BCUT2D eigenvalue weighted by atomic mass is 9.86. The average Bonchev–Trinajstić information content (AvgIpc) is 0.765. The normalized spacial score (nSPS) is 32.2. The van der Waals surface area contributed by atoms with Crippen molar-refractivity contribution in [2.24, 2.45) is 17.4 Å². The van der Waals surface area contributed by atoms with E-state index in [0.29, 0.717) is 0 Å². The number of nitrogens with one attached hydrogen (secondary N) is 7. The molecule has 8 heterocycles.